The summed E-state index contributed by atoms with van der Waals surface area (Å²) < 4.78 is 10.6. The number of ether oxygens (including phenoxy) is 2. The van der Waals surface area contributed by atoms with E-state index >= 15 is 0 Å². The van der Waals surface area contributed by atoms with Crippen molar-refractivity contribution >= 4 is 5.78 Å². The van der Waals surface area contributed by atoms with Crippen molar-refractivity contribution in [1.82, 2.24) is 0 Å². The van der Waals surface area contributed by atoms with Gasteiger partial charge < -0.3 is 9.47 Å². The molecule has 2 aliphatic heterocycles. The first kappa shape index (κ1) is 10.1. The van der Waals surface area contributed by atoms with Gasteiger partial charge in [0.1, 0.15) is 5.78 Å². The number of carbonyl (C=O) groups is 1. The fourth-order valence-corrected chi connectivity index (χ4v) is 2.53. The van der Waals surface area contributed by atoms with E-state index in [-0.39, 0.29) is 5.92 Å². The summed E-state index contributed by atoms with van der Waals surface area (Å²) in [4.78, 5) is 11.7. The van der Waals surface area contributed by atoms with Gasteiger partial charge in [-0.25, -0.2) is 0 Å². The Morgan fingerprint density at radius 2 is 2.00 bits per heavy atom. The molecule has 0 aromatic heterocycles. The van der Waals surface area contributed by atoms with Crippen LogP contribution in [0.5, 0.6) is 0 Å². The number of rotatable bonds is 4. The highest BCUT2D eigenvalue weighted by Gasteiger charge is 2.37. The first-order chi connectivity index (χ1) is 6.79. The molecular formula is C11H18O3. The van der Waals surface area contributed by atoms with Gasteiger partial charge in [-0.1, -0.05) is 0 Å². The zero-order valence-electron chi connectivity index (χ0n) is 8.70. The maximum Gasteiger partial charge on any atom is 0.138 e. The van der Waals surface area contributed by atoms with Gasteiger partial charge in [-0.05, 0) is 25.7 Å². The lowest BCUT2D eigenvalue weighted by atomic mass is 9.90. The number of fused-ring (bicyclic) bond motifs is 2. The van der Waals surface area contributed by atoms with Crippen LogP contribution in [0.15, 0.2) is 0 Å². The number of methoxy groups -OCH3 is 1. The lowest BCUT2D eigenvalue weighted by Crippen LogP contribution is -2.30. The van der Waals surface area contributed by atoms with Crippen molar-refractivity contribution in [2.75, 3.05) is 13.7 Å². The molecule has 2 aliphatic rings. The molecule has 0 aromatic rings. The van der Waals surface area contributed by atoms with Crippen molar-refractivity contribution < 1.29 is 14.3 Å². The first-order valence-electron chi connectivity index (χ1n) is 5.46. The van der Waals surface area contributed by atoms with E-state index in [0.717, 1.165) is 25.7 Å². The second-order valence-electron chi connectivity index (χ2n) is 4.33. The van der Waals surface area contributed by atoms with Crippen molar-refractivity contribution in [2.45, 2.75) is 44.3 Å². The molecule has 0 radical (unpaired) electrons. The highest BCUT2D eigenvalue weighted by molar-refractivity contribution is 5.81. The zero-order chi connectivity index (χ0) is 9.97. The third-order valence-corrected chi connectivity index (χ3v) is 3.30. The summed E-state index contributed by atoms with van der Waals surface area (Å²) in [7, 11) is 1.64. The van der Waals surface area contributed by atoms with Gasteiger partial charge in [0.25, 0.3) is 0 Å². The number of Topliss-reactive ketones (excluding diaryl/α,β-unsaturated/α-hetero) is 1. The van der Waals surface area contributed by atoms with Gasteiger partial charge in [0.05, 0.1) is 18.8 Å². The Kier molecular flexibility index (Phi) is 3.19. The van der Waals surface area contributed by atoms with E-state index in [1.54, 1.807) is 7.11 Å². The summed E-state index contributed by atoms with van der Waals surface area (Å²) in [6.45, 7) is 0.561. The number of hydrogen-bond acceptors (Lipinski definition) is 3. The fourth-order valence-electron chi connectivity index (χ4n) is 2.53. The van der Waals surface area contributed by atoms with Crippen LogP contribution in [-0.4, -0.2) is 31.7 Å². The molecule has 2 bridgehead atoms. The SMILES string of the molecule is COCCC(=O)C1CC2CCC(C1)O2. The lowest BCUT2D eigenvalue weighted by Gasteiger charge is -2.27. The monoisotopic (exact) mass is 198 g/mol. The molecule has 0 N–H and O–H groups in total. The molecule has 0 amide bonds. The van der Waals surface area contributed by atoms with Gasteiger partial charge in [-0.15, -0.1) is 0 Å². The van der Waals surface area contributed by atoms with E-state index in [9.17, 15) is 4.79 Å². The Balaban J connectivity index is 1.83. The fraction of sp³-hybridized carbons (Fsp3) is 0.909. The average molecular weight is 198 g/mol. The van der Waals surface area contributed by atoms with Crippen LogP contribution in [0.3, 0.4) is 0 Å². The predicted octanol–water partition coefficient (Wildman–Crippen LogP) is 1.55. The second kappa shape index (κ2) is 4.41. The Labute approximate surface area is 84.8 Å². The van der Waals surface area contributed by atoms with Gasteiger partial charge >= 0.3 is 0 Å². The van der Waals surface area contributed by atoms with E-state index in [1.807, 2.05) is 0 Å². The third-order valence-electron chi connectivity index (χ3n) is 3.30. The third kappa shape index (κ3) is 2.15. The molecule has 2 saturated heterocycles. The van der Waals surface area contributed by atoms with Crippen molar-refractivity contribution in [2.24, 2.45) is 5.92 Å². The number of ketones is 1. The van der Waals surface area contributed by atoms with Crippen LogP contribution in [0, 0.1) is 5.92 Å². The molecule has 0 aromatic carbocycles. The van der Waals surface area contributed by atoms with Crippen LogP contribution in [-0.2, 0) is 14.3 Å². The molecule has 3 heteroatoms. The van der Waals surface area contributed by atoms with Crippen molar-refractivity contribution in [3.05, 3.63) is 0 Å². The molecule has 0 spiro atoms. The van der Waals surface area contributed by atoms with Gasteiger partial charge in [0.15, 0.2) is 0 Å². The van der Waals surface area contributed by atoms with Crippen LogP contribution < -0.4 is 0 Å². The Morgan fingerprint density at radius 3 is 2.57 bits per heavy atom. The minimum Gasteiger partial charge on any atom is -0.384 e. The Hall–Kier alpha value is -0.410. The molecule has 2 atom stereocenters. The van der Waals surface area contributed by atoms with Crippen molar-refractivity contribution in [3.8, 4) is 0 Å². The Morgan fingerprint density at radius 1 is 1.36 bits per heavy atom. The molecular weight excluding hydrogens is 180 g/mol. The van der Waals surface area contributed by atoms with Gasteiger partial charge in [-0.2, -0.15) is 0 Å². The molecule has 0 saturated carbocycles. The van der Waals surface area contributed by atoms with E-state index in [4.69, 9.17) is 9.47 Å². The summed E-state index contributed by atoms with van der Waals surface area (Å²) in [6.07, 6.45) is 5.49. The summed E-state index contributed by atoms with van der Waals surface area (Å²) in [6, 6.07) is 0. The average Bonchev–Trinajstić information content (AvgIpc) is 2.54. The quantitative estimate of drug-likeness (QED) is 0.687. The van der Waals surface area contributed by atoms with Gasteiger partial charge in [0, 0.05) is 19.4 Å². The summed E-state index contributed by atoms with van der Waals surface area (Å²) >= 11 is 0. The van der Waals surface area contributed by atoms with E-state index in [1.165, 1.54) is 0 Å². The van der Waals surface area contributed by atoms with E-state index in [2.05, 4.69) is 0 Å². The molecule has 3 nitrogen and oxygen atoms in total. The summed E-state index contributed by atoms with van der Waals surface area (Å²) in [5.74, 6) is 0.614. The lowest BCUT2D eigenvalue weighted by molar-refractivity contribution is -0.129. The first-order valence-corrected chi connectivity index (χ1v) is 5.46. The minimum atomic E-state index is 0.247. The van der Waals surface area contributed by atoms with E-state index < -0.39 is 0 Å². The predicted molar refractivity (Wildman–Crippen MR) is 52.1 cm³/mol. The molecule has 14 heavy (non-hydrogen) atoms. The molecule has 80 valence electrons. The normalized spacial score (nSPS) is 35.9. The molecule has 2 unspecified atom stereocenters. The highest BCUT2D eigenvalue weighted by atomic mass is 16.5. The van der Waals surface area contributed by atoms with Crippen LogP contribution >= 0.6 is 0 Å². The minimum absolute atomic E-state index is 0.247. The zero-order valence-corrected chi connectivity index (χ0v) is 8.70. The van der Waals surface area contributed by atoms with Crippen LogP contribution in [0.2, 0.25) is 0 Å². The van der Waals surface area contributed by atoms with E-state index in [0.29, 0.717) is 31.0 Å². The topological polar surface area (TPSA) is 35.5 Å². The molecule has 2 fully saturated rings. The summed E-state index contributed by atoms with van der Waals surface area (Å²) in [5, 5.41) is 0. The van der Waals surface area contributed by atoms with Gasteiger partial charge in [0.2, 0.25) is 0 Å². The maximum absolute atomic E-state index is 11.7. The van der Waals surface area contributed by atoms with Crippen molar-refractivity contribution in [1.29, 1.82) is 0 Å². The van der Waals surface area contributed by atoms with Gasteiger partial charge in [-0.3, -0.25) is 4.79 Å². The largest absolute Gasteiger partial charge is 0.384 e. The smallest absolute Gasteiger partial charge is 0.138 e. The molecule has 2 rings (SSSR count). The standard InChI is InChI=1S/C11H18O3/c1-13-5-4-11(12)8-6-9-2-3-10(7-8)14-9/h8-10H,2-7H2,1H3. The Bertz CT molecular complexity index is 203. The van der Waals surface area contributed by atoms with Crippen LogP contribution in [0.4, 0.5) is 0 Å². The summed E-state index contributed by atoms with van der Waals surface area (Å²) in [5.41, 5.74) is 0. The molecule has 0 aliphatic carbocycles. The number of hydrogen-bond donors (Lipinski definition) is 0. The second-order valence-corrected chi connectivity index (χ2v) is 4.33. The number of carbonyl (C=O) groups excluding carboxylic acids is 1. The van der Waals surface area contributed by atoms with Crippen LogP contribution in [0.25, 0.3) is 0 Å². The highest BCUT2D eigenvalue weighted by Crippen LogP contribution is 2.36. The molecule has 2 heterocycles. The van der Waals surface area contributed by atoms with Crippen molar-refractivity contribution in [3.63, 3.8) is 0 Å². The van der Waals surface area contributed by atoms with Crippen LogP contribution in [0.1, 0.15) is 32.1 Å². The maximum atomic E-state index is 11.7.